The quantitative estimate of drug-likeness (QED) is 0.652. The standard InChI is InChI=1S/C22H24O2/c1-16(6-13-22(24)19-9-11-21(23)12-10-19)14-17-7-8-18-4-2-3-5-20(18)15-17/h2-5,7-12,15-16,22-24H,6,13-14H2,1H3. The molecule has 0 bridgehead atoms. The van der Waals surface area contributed by atoms with E-state index in [2.05, 4.69) is 49.4 Å². The summed E-state index contributed by atoms with van der Waals surface area (Å²) in [6.45, 7) is 2.23. The van der Waals surface area contributed by atoms with Crippen molar-refractivity contribution >= 4 is 10.8 Å². The van der Waals surface area contributed by atoms with E-state index in [1.54, 1.807) is 24.3 Å². The molecule has 3 rings (SSSR count). The Morgan fingerprint density at radius 2 is 1.54 bits per heavy atom. The molecule has 0 fully saturated rings. The van der Waals surface area contributed by atoms with E-state index in [0.717, 1.165) is 24.8 Å². The van der Waals surface area contributed by atoms with Crippen molar-refractivity contribution in [2.24, 2.45) is 5.92 Å². The van der Waals surface area contributed by atoms with E-state index in [9.17, 15) is 10.2 Å². The lowest BCUT2D eigenvalue weighted by atomic mass is 9.92. The Hall–Kier alpha value is -2.32. The summed E-state index contributed by atoms with van der Waals surface area (Å²) in [6, 6.07) is 21.9. The van der Waals surface area contributed by atoms with Crippen LogP contribution in [0, 0.1) is 5.92 Å². The Bertz CT molecular complexity index is 792. The number of phenolic OH excluding ortho intramolecular Hbond substituents is 1. The smallest absolute Gasteiger partial charge is 0.115 e. The van der Waals surface area contributed by atoms with Gasteiger partial charge in [0, 0.05) is 0 Å². The molecule has 2 nitrogen and oxygen atoms in total. The van der Waals surface area contributed by atoms with Gasteiger partial charge >= 0.3 is 0 Å². The van der Waals surface area contributed by atoms with E-state index < -0.39 is 6.10 Å². The molecule has 2 N–H and O–H groups in total. The summed E-state index contributed by atoms with van der Waals surface area (Å²) < 4.78 is 0. The zero-order chi connectivity index (χ0) is 16.9. The minimum absolute atomic E-state index is 0.232. The molecule has 3 aromatic carbocycles. The fourth-order valence-corrected chi connectivity index (χ4v) is 3.18. The summed E-state index contributed by atoms with van der Waals surface area (Å²) >= 11 is 0. The van der Waals surface area contributed by atoms with Gasteiger partial charge in [-0.3, -0.25) is 0 Å². The van der Waals surface area contributed by atoms with Crippen molar-refractivity contribution in [1.29, 1.82) is 0 Å². The summed E-state index contributed by atoms with van der Waals surface area (Å²) in [6.07, 6.45) is 2.26. The van der Waals surface area contributed by atoms with Gasteiger partial charge in [-0.1, -0.05) is 61.5 Å². The summed E-state index contributed by atoms with van der Waals surface area (Å²) in [4.78, 5) is 0. The Morgan fingerprint density at radius 1 is 0.833 bits per heavy atom. The number of phenols is 1. The Balaban J connectivity index is 1.56. The molecule has 24 heavy (non-hydrogen) atoms. The van der Waals surface area contributed by atoms with Crippen LogP contribution in [-0.2, 0) is 6.42 Å². The third kappa shape index (κ3) is 4.15. The van der Waals surface area contributed by atoms with Crippen LogP contribution in [0.3, 0.4) is 0 Å². The lowest BCUT2D eigenvalue weighted by Gasteiger charge is -2.16. The largest absolute Gasteiger partial charge is 0.508 e. The second-order valence-corrected chi connectivity index (χ2v) is 6.68. The van der Waals surface area contributed by atoms with E-state index in [1.165, 1.54) is 16.3 Å². The molecular weight excluding hydrogens is 296 g/mol. The maximum absolute atomic E-state index is 10.3. The molecule has 2 atom stereocenters. The molecular formula is C22H24O2. The van der Waals surface area contributed by atoms with Gasteiger partial charge in [0.25, 0.3) is 0 Å². The van der Waals surface area contributed by atoms with Gasteiger partial charge in [0.15, 0.2) is 0 Å². The third-order valence-electron chi connectivity index (χ3n) is 4.61. The molecule has 0 aliphatic heterocycles. The number of hydrogen-bond acceptors (Lipinski definition) is 2. The first-order valence-corrected chi connectivity index (χ1v) is 8.56. The van der Waals surface area contributed by atoms with Crippen molar-refractivity contribution in [1.82, 2.24) is 0 Å². The molecule has 0 aliphatic carbocycles. The van der Waals surface area contributed by atoms with Gasteiger partial charge in [0.1, 0.15) is 5.75 Å². The van der Waals surface area contributed by atoms with Gasteiger partial charge in [0.2, 0.25) is 0 Å². The van der Waals surface area contributed by atoms with Crippen LogP contribution < -0.4 is 0 Å². The summed E-state index contributed by atoms with van der Waals surface area (Å²) in [5.74, 6) is 0.744. The highest BCUT2D eigenvalue weighted by Crippen LogP contribution is 2.25. The van der Waals surface area contributed by atoms with E-state index >= 15 is 0 Å². The SMILES string of the molecule is CC(CCC(O)c1ccc(O)cc1)Cc1ccc2ccccc2c1. The van der Waals surface area contributed by atoms with Crippen LogP contribution in [0.1, 0.15) is 37.0 Å². The molecule has 0 aliphatic rings. The minimum atomic E-state index is -0.468. The Labute approximate surface area is 143 Å². The van der Waals surface area contributed by atoms with Gasteiger partial charge in [-0.05, 0) is 59.2 Å². The van der Waals surface area contributed by atoms with Gasteiger partial charge in [-0.25, -0.2) is 0 Å². The molecule has 0 radical (unpaired) electrons. The van der Waals surface area contributed by atoms with E-state index in [0.29, 0.717) is 5.92 Å². The highest BCUT2D eigenvalue weighted by molar-refractivity contribution is 5.82. The van der Waals surface area contributed by atoms with Crippen molar-refractivity contribution in [3.63, 3.8) is 0 Å². The fraction of sp³-hybridized carbons (Fsp3) is 0.273. The van der Waals surface area contributed by atoms with Crippen LogP contribution in [0.15, 0.2) is 66.7 Å². The van der Waals surface area contributed by atoms with Crippen molar-refractivity contribution in [3.8, 4) is 5.75 Å². The average Bonchev–Trinajstić information content (AvgIpc) is 2.60. The molecule has 0 saturated heterocycles. The second-order valence-electron chi connectivity index (χ2n) is 6.68. The Morgan fingerprint density at radius 3 is 2.29 bits per heavy atom. The molecule has 0 amide bonds. The highest BCUT2D eigenvalue weighted by atomic mass is 16.3. The summed E-state index contributed by atoms with van der Waals surface area (Å²) in [7, 11) is 0. The minimum Gasteiger partial charge on any atom is -0.508 e. The lowest BCUT2D eigenvalue weighted by molar-refractivity contribution is 0.158. The van der Waals surface area contributed by atoms with Crippen molar-refractivity contribution in [2.45, 2.75) is 32.3 Å². The van der Waals surface area contributed by atoms with Gasteiger partial charge in [-0.15, -0.1) is 0 Å². The zero-order valence-electron chi connectivity index (χ0n) is 14.0. The van der Waals surface area contributed by atoms with Crippen LogP contribution in [0.4, 0.5) is 0 Å². The molecule has 2 unspecified atom stereocenters. The maximum Gasteiger partial charge on any atom is 0.115 e. The monoisotopic (exact) mass is 320 g/mol. The number of benzene rings is 3. The summed E-state index contributed by atoms with van der Waals surface area (Å²) in [5, 5.41) is 22.2. The van der Waals surface area contributed by atoms with E-state index in [1.807, 2.05) is 0 Å². The number of rotatable bonds is 6. The second kappa shape index (κ2) is 7.50. The third-order valence-corrected chi connectivity index (χ3v) is 4.61. The zero-order valence-corrected chi connectivity index (χ0v) is 14.0. The molecule has 124 valence electrons. The van der Waals surface area contributed by atoms with Gasteiger partial charge in [0.05, 0.1) is 6.10 Å². The van der Waals surface area contributed by atoms with Crippen molar-refractivity contribution in [3.05, 3.63) is 77.9 Å². The van der Waals surface area contributed by atoms with E-state index in [-0.39, 0.29) is 5.75 Å². The molecule has 0 saturated carbocycles. The number of hydrogen-bond donors (Lipinski definition) is 2. The normalized spacial score (nSPS) is 13.8. The molecule has 2 heteroatoms. The Kier molecular flexibility index (Phi) is 5.17. The van der Waals surface area contributed by atoms with Gasteiger partial charge < -0.3 is 10.2 Å². The first-order chi connectivity index (χ1) is 11.6. The van der Waals surface area contributed by atoms with Crippen LogP contribution >= 0.6 is 0 Å². The molecule has 3 aromatic rings. The highest BCUT2D eigenvalue weighted by Gasteiger charge is 2.11. The predicted octanol–water partition coefficient (Wildman–Crippen LogP) is 5.24. The topological polar surface area (TPSA) is 40.5 Å². The summed E-state index contributed by atoms with van der Waals surface area (Å²) in [5.41, 5.74) is 2.21. The number of aliphatic hydroxyl groups is 1. The van der Waals surface area contributed by atoms with Gasteiger partial charge in [-0.2, -0.15) is 0 Å². The van der Waals surface area contributed by atoms with Crippen LogP contribution in [0.5, 0.6) is 5.75 Å². The first kappa shape index (κ1) is 16.5. The number of fused-ring (bicyclic) bond motifs is 1. The lowest BCUT2D eigenvalue weighted by Crippen LogP contribution is -2.04. The van der Waals surface area contributed by atoms with Crippen molar-refractivity contribution in [2.75, 3.05) is 0 Å². The van der Waals surface area contributed by atoms with E-state index in [4.69, 9.17) is 0 Å². The molecule has 0 spiro atoms. The first-order valence-electron chi connectivity index (χ1n) is 8.56. The fourth-order valence-electron chi connectivity index (χ4n) is 3.18. The molecule has 0 aromatic heterocycles. The number of aromatic hydroxyl groups is 1. The average molecular weight is 320 g/mol. The van der Waals surface area contributed by atoms with Crippen LogP contribution in [0.25, 0.3) is 10.8 Å². The molecule has 0 heterocycles. The number of aliphatic hydroxyl groups excluding tert-OH is 1. The van der Waals surface area contributed by atoms with Crippen molar-refractivity contribution < 1.29 is 10.2 Å². The van der Waals surface area contributed by atoms with Crippen LogP contribution in [0.2, 0.25) is 0 Å². The van der Waals surface area contributed by atoms with Crippen LogP contribution in [-0.4, -0.2) is 10.2 Å². The predicted molar refractivity (Wildman–Crippen MR) is 99.1 cm³/mol. The maximum atomic E-state index is 10.3.